The predicted octanol–water partition coefficient (Wildman–Crippen LogP) is 4.10. The van der Waals surface area contributed by atoms with Crippen molar-refractivity contribution in [2.24, 2.45) is 5.84 Å². The molecule has 2 rings (SSSR count). The quantitative estimate of drug-likeness (QED) is 0.650. The third kappa shape index (κ3) is 2.98. The van der Waals surface area contributed by atoms with Crippen LogP contribution in [0.15, 0.2) is 40.9 Å². The van der Waals surface area contributed by atoms with Crippen LogP contribution in [0.3, 0.4) is 0 Å². The summed E-state index contributed by atoms with van der Waals surface area (Å²) in [6, 6.07) is 10.2. The number of nitrogens with one attached hydrogen (secondary N) is 1. The van der Waals surface area contributed by atoms with Gasteiger partial charge in [0.05, 0.1) is 10.5 Å². The molecule has 1 unspecified atom stereocenters. The van der Waals surface area contributed by atoms with Crippen molar-refractivity contribution in [3.63, 3.8) is 0 Å². The van der Waals surface area contributed by atoms with E-state index in [1.54, 1.807) is 24.3 Å². The summed E-state index contributed by atoms with van der Waals surface area (Å²) in [6.07, 6.45) is 0. The van der Waals surface area contributed by atoms with Crippen molar-refractivity contribution in [3.05, 3.63) is 68.4 Å². The Labute approximate surface area is 124 Å². The Bertz CT molecular complexity index is 604. The highest BCUT2D eigenvalue weighted by Crippen LogP contribution is 2.30. The van der Waals surface area contributed by atoms with Crippen LogP contribution in [0.4, 0.5) is 4.39 Å². The van der Waals surface area contributed by atoms with Crippen LogP contribution < -0.4 is 11.3 Å². The van der Waals surface area contributed by atoms with Crippen molar-refractivity contribution < 1.29 is 4.39 Å². The molecule has 2 nitrogen and oxygen atoms in total. The summed E-state index contributed by atoms with van der Waals surface area (Å²) in [5.41, 5.74) is 4.99. The van der Waals surface area contributed by atoms with E-state index in [0.717, 1.165) is 11.1 Å². The van der Waals surface area contributed by atoms with E-state index in [1.165, 1.54) is 0 Å². The molecule has 0 saturated carbocycles. The number of hydrazine groups is 1. The standard InChI is InChI=1S/C14H13BrClFN2/c1-8-7-9(16)5-6-10(8)14(19-18)11-3-2-4-12(15)13(11)17/h2-7,14,19H,18H2,1H3. The minimum Gasteiger partial charge on any atom is -0.271 e. The first-order valence-electron chi connectivity index (χ1n) is 5.70. The Morgan fingerprint density at radius 2 is 2.00 bits per heavy atom. The zero-order valence-corrected chi connectivity index (χ0v) is 12.6. The maximum Gasteiger partial charge on any atom is 0.142 e. The lowest BCUT2D eigenvalue weighted by Crippen LogP contribution is -2.30. The van der Waals surface area contributed by atoms with Crippen molar-refractivity contribution in [1.29, 1.82) is 0 Å². The van der Waals surface area contributed by atoms with Gasteiger partial charge in [0, 0.05) is 10.6 Å². The Morgan fingerprint density at radius 1 is 1.26 bits per heavy atom. The summed E-state index contributed by atoms with van der Waals surface area (Å²) in [5.74, 6) is 5.28. The Hall–Kier alpha value is -0.940. The van der Waals surface area contributed by atoms with E-state index in [1.807, 2.05) is 19.1 Å². The van der Waals surface area contributed by atoms with E-state index in [9.17, 15) is 4.39 Å². The first-order chi connectivity index (χ1) is 9.04. The number of nitrogens with two attached hydrogens (primary N) is 1. The molecule has 0 bridgehead atoms. The second-order valence-corrected chi connectivity index (χ2v) is 5.53. The Balaban J connectivity index is 2.53. The van der Waals surface area contributed by atoms with E-state index in [2.05, 4.69) is 21.4 Å². The van der Waals surface area contributed by atoms with Crippen molar-refractivity contribution >= 4 is 27.5 Å². The number of benzene rings is 2. The highest BCUT2D eigenvalue weighted by atomic mass is 79.9. The van der Waals surface area contributed by atoms with E-state index in [4.69, 9.17) is 17.4 Å². The normalized spacial score (nSPS) is 12.5. The molecular weight excluding hydrogens is 331 g/mol. The van der Waals surface area contributed by atoms with Crippen LogP contribution in [0.25, 0.3) is 0 Å². The first kappa shape index (κ1) is 14.5. The minimum absolute atomic E-state index is 0.320. The molecule has 0 aliphatic rings. The lowest BCUT2D eigenvalue weighted by molar-refractivity contribution is 0.555. The third-order valence-electron chi connectivity index (χ3n) is 3.00. The molecule has 2 aromatic rings. The summed E-state index contributed by atoms with van der Waals surface area (Å²) in [6.45, 7) is 1.92. The van der Waals surface area contributed by atoms with Crippen molar-refractivity contribution in [2.75, 3.05) is 0 Å². The molecular formula is C14H13BrClFN2. The topological polar surface area (TPSA) is 38.0 Å². The third-order valence-corrected chi connectivity index (χ3v) is 3.85. The minimum atomic E-state index is -0.422. The molecule has 0 radical (unpaired) electrons. The van der Waals surface area contributed by atoms with Crippen molar-refractivity contribution in [2.45, 2.75) is 13.0 Å². The van der Waals surface area contributed by atoms with Crippen molar-refractivity contribution in [3.8, 4) is 0 Å². The lowest BCUT2D eigenvalue weighted by Gasteiger charge is -2.20. The number of hydrogen-bond donors (Lipinski definition) is 2. The van der Waals surface area contributed by atoms with Crippen LogP contribution in [0.2, 0.25) is 5.02 Å². The molecule has 0 fully saturated rings. The SMILES string of the molecule is Cc1cc(Cl)ccc1C(NN)c1cccc(Br)c1F. The fourth-order valence-electron chi connectivity index (χ4n) is 2.05. The van der Waals surface area contributed by atoms with Crippen LogP contribution in [-0.2, 0) is 0 Å². The van der Waals surface area contributed by atoms with Gasteiger partial charge in [-0.25, -0.2) is 9.82 Å². The summed E-state index contributed by atoms with van der Waals surface area (Å²) >= 11 is 9.12. The van der Waals surface area contributed by atoms with Crippen LogP contribution in [0, 0.1) is 12.7 Å². The number of halogens is 3. The molecule has 19 heavy (non-hydrogen) atoms. The van der Waals surface area contributed by atoms with Gasteiger partial charge in [0.15, 0.2) is 0 Å². The second kappa shape index (κ2) is 6.01. The van der Waals surface area contributed by atoms with Gasteiger partial charge in [0.1, 0.15) is 5.82 Å². The van der Waals surface area contributed by atoms with E-state index >= 15 is 0 Å². The molecule has 0 aliphatic carbocycles. The van der Waals surface area contributed by atoms with Gasteiger partial charge in [-0.15, -0.1) is 0 Å². The molecule has 2 aromatic carbocycles. The molecule has 0 spiro atoms. The highest BCUT2D eigenvalue weighted by Gasteiger charge is 2.19. The van der Waals surface area contributed by atoms with Gasteiger partial charge < -0.3 is 0 Å². The van der Waals surface area contributed by atoms with Crippen LogP contribution in [-0.4, -0.2) is 0 Å². The molecule has 1 atom stereocenters. The van der Waals surface area contributed by atoms with E-state index in [-0.39, 0.29) is 5.82 Å². The van der Waals surface area contributed by atoms with E-state index < -0.39 is 6.04 Å². The monoisotopic (exact) mass is 342 g/mol. The van der Waals surface area contributed by atoms with Crippen LogP contribution >= 0.6 is 27.5 Å². The lowest BCUT2D eigenvalue weighted by atomic mass is 9.95. The van der Waals surface area contributed by atoms with Gasteiger partial charge in [-0.3, -0.25) is 5.84 Å². The highest BCUT2D eigenvalue weighted by molar-refractivity contribution is 9.10. The molecule has 100 valence electrons. The maximum absolute atomic E-state index is 14.2. The number of hydrogen-bond acceptors (Lipinski definition) is 2. The van der Waals surface area contributed by atoms with Gasteiger partial charge in [-0.05, 0) is 52.2 Å². The average molecular weight is 344 g/mol. The second-order valence-electron chi connectivity index (χ2n) is 4.24. The fraction of sp³-hybridized carbons (Fsp3) is 0.143. The molecule has 0 saturated heterocycles. The maximum atomic E-state index is 14.2. The first-order valence-corrected chi connectivity index (χ1v) is 6.87. The molecule has 0 amide bonds. The number of aryl methyl sites for hydroxylation is 1. The number of rotatable bonds is 3. The predicted molar refractivity (Wildman–Crippen MR) is 79.5 cm³/mol. The van der Waals surface area contributed by atoms with Gasteiger partial charge in [0.2, 0.25) is 0 Å². The Kier molecular flexibility index (Phi) is 4.58. The largest absolute Gasteiger partial charge is 0.271 e. The summed E-state index contributed by atoms with van der Waals surface area (Å²) in [4.78, 5) is 0. The van der Waals surface area contributed by atoms with Gasteiger partial charge in [-0.1, -0.05) is 29.8 Å². The summed E-state index contributed by atoms with van der Waals surface area (Å²) in [7, 11) is 0. The van der Waals surface area contributed by atoms with Crippen LogP contribution in [0.1, 0.15) is 22.7 Å². The molecule has 3 N–H and O–H groups in total. The Morgan fingerprint density at radius 3 is 2.63 bits per heavy atom. The molecule has 0 heterocycles. The van der Waals surface area contributed by atoms with Crippen molar-refractivity contribution in [1.82, 2.24) is 5.43 Å². The summed E-state index contributed by atoms with van der Waals surface area (Å²) in [5, 5.41) is 0.645. The van der Waals surface area contributed by atoms with E-state index in [0.29, 0.717) is 15.1 Å². The molecule has 5 heteroatoms. The fourth-order valence-corrected chi connectivity index (χ4v) is 2.66. The zero-order chi connectivity index (χ0) is 14.0. The zero-order valence-electron chi connectivity index (χ0n) is 10.3. The smallest absolute Gasteiger partial charge is 0.142 e. The van der Waals surface area contributed by atoms with Crippen LogP contribution in [0.5, 0.6) is 0 Å². The van der Waals surface area contributed by atoms with Gasteiger partial charge in [-0.2, -0.15) is 0 Å². The van der Waals surface area contributed by atoms with Gasteiger partial charge >= 0.3 is 0 Å². The molecule has 0 aliphatic heterocycles. The van der Waals surface area contributed by atoms with Gasteiger partial charge in [0.25, 0.3) is 0 Å². The average Bonchev–Trinajstić information content (AvgIpc) is 2.37. The molecule has 0 aromatic heterocycles. The summed E-state index contributed by atoms with van der Waals surface area (Å²) < 4.78 is 14.6.